The average Bonchev–Trinajstić information content (AvgIpc) is 3.25. The van der Waals surface area contributed by atoms with E-state index in [2.05, 4.69) is 5.32 Å². The van der Waals surface area contributed by atoms with Gasteiger partial charge < -0.3 is 15.0 Å². The number of halogens is 2. The molecular weight excluding hydrogens is 435 g/mol. The van der Waals surface area contributed by atoms with Crippen molar-refractivity contribution < 1.29 is 14.3 Å². The van der Waals surface area contributed by atoms with Crippen molar-refractivity contribution in [2.75, 3.05) is 6.61 Å². The van der Waals surface area contributed by atoms with Gasteiger partial charge in [0.2, 0.25) is 5.91 Å². The summed E-state index contributed by atoms with van der Waals surface area (Å²) in [4.78, 5) is 27.5. The third kappa shape index (κ3) is 6.37. The van der Waals surface area contributed by atoms with Crippen molar-refractivity contribution in [2.45, 2.75) is 58.2 Å². The van der Waals surface area contributed by atoms with Crippen LogP contribution in [0.25, 0.3) is 0 Å². The first kappa shape index (κ1) is 23.4. The quantitative estimate of drug-likeness (QED) is 0.589. The summed E-state index contributed by atoms with van der Waals surface area (Å²) in [5.74, 6) is 0.0992. The van der Waals surface area contributed by atoms with E-state index >= 15 is 0 Å². The molecule has 5 nitrogen and oxygen atoms in total. The number of ether oxygens (including phenoxy) is 1. The van der Waals surface area contributed by atoms with E-state index in [9.17, 15) is 9.59 Å². The number of hydrogen-bond acceptors (Lipinski definition) is 3. The van der Waals surface area contributed by atoms with Crippen LogP contribution >= 0.6 is 23.2 Å². The van der Waals surface area contributed by atoms with Crippen LogP contribution in [-0.4, -0.2) is 35.4 Å². The molecule has 1 aliphatic carbocycles. The molecule has 1 saturated carbocycles. The fourth-order valence-electron chi connectivity index (χ4n) is 3.69. The van der Waals surface area contributed by atoms with Gasteiger partial charge in [0.25, 0.3) is 5.91 Å². The lowest BCUT2D eigenvalue weighted by atomic mass is 10.1. The van der Waals surface area contributed by atoms with Crippen LogP contribution in [0.15, 0.2) is 42.5 Å². The van der Waals surface area contributed by atoms with Gasteiger partial charge in [0, 0.05) is 28.2 Å². The number of carbonyl (C=O) groups excluding carboxylic acids is 2. The van der Waals surface area contributed by atoms with Crippen LogP contribution < -0.4 is 10.1 Å². The summed E-state index contributed by atoms with van der Waals surface area (Å²) >= 11 is 12.7. The molecule has 2 amide bonds. The van der Waals surface area contributed by atoms with Crippen molar-refractivity contribution in [3.05, 3.63) is 63.6 Å². The molecule has 7 heteroatoms. The maximum Gasteiger partial charge on any atom is 0.261 e. The van der Waals surface area contributed by atoms with Crippen molar-refractivity contribution in [3.63, 3.8) is 0 Å². The van der Waals surface area contributed by atoms with Gasteiger partial charge in [0.05, 0.1) is 0 Å². The number of hydrogen-bond donors (Lipinski definition) is 1. The zero-order valence-corrected chi connectivity index (χ0v) is 19.4. The number of aryl methyl sites for hydroxylation is 1. The fourth-order valence-corrected chi connectivity index (χ4v) is 4.21. The van der Waals surface area contributed by atoms with Crippen LogP contribution in [0, 0.1) is 6.92 Å². The van der Waals surface area contributed by atoms with Crippen LogP contribution in [0.3, 0.4) is 0 Å². The standard InChI is InChI=1S/C24H28Cl2N2O3/c1-16-10-12-19(13-11-16)31-15-23(29)28(14-20-21(25)8-5-9-22(20)26)17(2)24(30)27-18-6-3-4-7-18/h5,8-13,17-18H,3-4,6-7,14-15H2,1-2H3,(H,27,30). The minimum atomic E-state index is -0.693. The second-order valence-electron chi connectivity index (χ2n) is 7.99. The van der Waals surface area contributed by atoms with Crippen LogP contribution in [0.1, 0.15) is 43.7 Å². The van der Waals surface area contributed by atoms with Crippen LogP contribution in [0.4, 0.5) is 0 Å². The SMILES string of the molecule is Cc1ccc(OCC(=O)N(Cc2c(Cl)cccc2Cl)C(C)C(=O)NC2CCCC2)cc1. The molecule has 0 radical (unpaired) electrons. The molecule has 0 aliphatic heterocycles. The van der Waals surface area contributed by atoms with E-state index in [4.69, 9.17) is 27.9 Å². The molecule has 2 aromatic rings. The summed E-state index contributed by atoms with van der Waals surface area (Å²) < 4.78 is 5.68. The highest BCUT2D eigenvalue weighted by molar-refractivity contribution is 6.36. The van der Waals surface area contributed by atoms with Gasteiger partial charge in [-0.05, 0) is 51.0 Å². The Morgan fingerprint density at radius 1 is 1.10 bits per heavy atom. The first-order chi connectivity index (χ1) is 14.8. The van der Waals surface area contributed by atoms with Crippen LogP contribution in [-0.2, 0) is 16.1 Å². The molecule has 0 heterocycles. The highest BCUT2D eigenvalue weighted by Crippen LogP contribution is 2.27. The second kappa shape index (κ2) is 10.9. The first-order valence-corrected chi connectivity index (χ1v) is 11.3. The van der Waals surface area contributed by atoms with Crippen molar-refractivity contribution in [1.82, 2.24) is 10.2 Å². The summed E-state index contributed by atoms with van der Waals surface area (Å²) in [6, 6.07) is 12.1. The smallest absolute Gasteiger partial charge is 0.261 e. The van der Waals surface area contributed by atoms with Gasteiger partial charge in [-0.15, -0.1) is 0 Å². The molecular formula is C24H28Cl2N2O3. The molecule has 1 N–H and O–H groups in total. The number of nitrogens with one attached hydrogen (secondary N) is 1. The Bertz CT molecular complexity index is 891. The van der Waals surface area contributed by atoms with E-state index in [1.54, 1.807) is 25.1 Å². The van der Waals surface area contributed by atoms with Gasteiger partial charge in [-0.25, -0.2) is 0 Å². The molecule has 0 bridgehead atoms. The predicted octanol–water partition coefficient (Wildman–Crippen LogP) is 5.16. The Labute approximate surface area is 193 Å². The van der Waals surface area contributed by atoms with Crippen LogP contribution in [0.5, 0.6) is 5.75 Å². The van der Waals surface area contributed by atoms with Gasteiger partial charge in [-0.2, -0.15) is 0 Å². The fraction of sp³-hybridized carbons (Fsp3) is 0.417. The van der Waals surface area contributed by atoms with E-state index in [1.165, 1.54) is 4.90 Å². The monoisotopic (exact) mass is 462 g/mol. The first-order valence-electron chi connectivity index (χ1n) is 10.6. The predicted molar refractivity (Wildman–Crippen MR) is 124 cm³/mol. The van der Waals surface area contributed by atoms with Gasteiger partial charge in [-0.1, -0.05) is 59.8 Å². The molecule has 166 valence electrons. The lowest BCUT2D eigenvalue weighted by Gasteiger charge is -2.30. The number of benzene rings is 2. The Morgan fingerprint density at radius 3 is 2.32 bits per heavy atom. The third-order valence-electron chi connectivity index (χ3n) is 5.64. The van der Waals surface area contributed by atoms with Gasteiger partial charge in [0.15, 0.2) is 6.61 Å². The van der Waals surface area contributed by atoms with Crippen LogP contribution in [0.2, 0.25) is 10.0 Å². The summed E-state index contributed by atoms with van der Waals surface area (Å²) in [5, 5.41) is 3.97. The Kier molecular flexibility index (Phi) is 8.22. The summed E-state index contributed by atoms with van der Waals surface area (Å²) in [7, 11) is 0. The second-order valence-corrected chi connectivity index (χ2v) is 8.80. The average molecular weight is 463 g/mol. The Hall–Kier alpha value is -2.24. The van der Waals surface area contributed by atoms with Crippen molar-refractivity contribution in [1.29, 1.82) is 0 Å². The Balaban J connectivity index is 1.75. The molecule has 31 heavy (non-hydrogen) atoms. The lowest BCUT2D eigenvalue weighted by Crippen LogP contribution is -2.50. The molecule has 3 rings (SSSR count). The van der Waals surface area contributed by atoms with E-state index in [1.807, 2.05) is 31.2 Å². The normalized spacial score (nSPS) is 14.8. The molecule has 2 aromatic carbocycles. The van der Waals surface area contributed by atoms with Crippen molar-refractivity contribution >= 4 is 35.0 Å². The number of nitrogens with zero attached hydrogens (tertiary/aromatic N) is 1. The van der Waals surface area contributed by atoms with Gasteiger partial charge in [0.1, 0.15) is 11.8 Å². The zero-order chi connectivity index (χ0) is 22.4. The topological polar surface area (TPSA) is 58.6 Å². The number of carbonyl (C=O) groups is 2. The minimum Gasteiger partial charge on any atom is -0.484 e. The van der Waals surface area contributed by atoms with Gasteiger partial charge in [-0.3, -0.25) is 9.59 Å². The van der Waals surface area contributed by atoms with E-state index in [-0.39, 0.29) is 31.0 Å². The largest absolute Gasteiger partial charge is 0.484 e. The van der Waals surface area contributed by atoms with Crippen molar-refractivity contribution in [3.8, 4) is 5.75 Å². The van der Waals surface area contributed by atoms with E-state index < -0.39 is 6.04 Å². The maximum atomic E-state index is 13.1. The molecule has 1 unspecified atom stereocenters. The zero-order valence-electron chi connectivity index (χ0n) is 17.9. The molecule has 1 fully saturated rings. The minimum absolute atomic E-state index is 0.119. The number of rotatable bonds is 8. The summed E-state index contributed by atoms with van der Waals surface area (Å²) in [6.07, 6.45) is 4.17. The molecule has 1 atom stereocenters. The van der Waals surface area contributed by atoms with Gasteiger partial charge >= 0.3 is 0 Å². The van der Waals surface area contributed by atoms with E-state index in [0.717, 1.165) is 31.2 Å². The Morgan fingerprint density at radius 2 is 1.71 bits per heavy atom. The molecule has 0 saturated heterocycles. The van der Waals surface area contributed by atoms with E-state index in [0.29, 0.717) is 21.4 Å². The maximum absolute atomic E-state index is 13.1. The third-order valence-corrected chi connectivity index (χ3v) is 6.35. The highest BCUT2D eigenvalue weighted by Gasteiger charge is 2.29. The molecule has 1 aliphatic rings. The lowest BCUT2D eigenvalue weighted by molar-refractivity contribution is -0.142. The highest BCUT2D eigenvalue weighted by atomic mass is 35.5. The number of amides is 2. The molecule has 0 spiro atoms. The summed E-state index contributed by atoms with van der Waals surface area (Å²) in [5.41, 5.74) is 1.71. The molecule has 0 aromatic heterocycles. The van der Waals surface area contributed by atoms with Crippen molar-refractivity contribution in [2.24, 2.45) is 0 Å². The summed E-state index contributed by atoms with van der Waals surface area (Å²) in [6.45, 7) is 3.63.